The third kappa shape index (κ3) is 5.29. The highest BCUT2D eigenvalue weighted by Gasteiger charge is 2.24. The topological polar surface area (TPSA) is 102 Å². The van der Waals surface area contributed by atoms with Gasteiger partial charge in [-0.25, -0.2) is 28.1 Å². The Balaban J connectivity index is 1.76. The van der Waals surface area contributed by atoms with Crippen LogP contribution in [0.25, 0.3) is 0 Å². The first-order valence-corrected chi connectivity index (χ1v) is 8.46. The van der Waals surface area contributed by atoms with Gasteiger partial charge in [-0.05, 0) is 24.3 Å². The van der Waals surface area contributed by atoms with E-state index >= 15 is 0 Å². The van der Waals surface area contributed by atoms with Gasteiger partial charge in [0.05, 0.1) is 11.9 Å². The molecule has 2 heterocycles. The summed E-state index contributed by atoms with van der Waals surface area (Å²) in [6.45, 7) is 0. The van der Waals surface area contributed by atoms with Crippen molar-refractivity contribution >= 4 is 34.8 Å². The number of nitrogens with zero attached hydrogens (tertiary/aromatic N) is 4. The number of nitrogens with one attached hydrogen (secondary N) is 2. The molecular formula is C17H11ClF4N6O2. The Morgan fingerprint density at radius 1 is 1.13 bits per heavy atom. The number of amides is 1. The molecule has 0 aliphatic heterocycles. The van der Waals surface area contributed by atoms with Crippen molar-refractivity contribution in [2.75, 3.05) is 10.6 Å². The van der Waals surface area contributed by atoms with Gasteiger partial charge in [0.15, 0.2) is 0 Å². The lowest BCUT2D eigenvalue weighted by Gasteiger charge is -2.13. The molecule has 0 aliphatic rings. The Bertz CT molecular complexity index is 1060. The van der Waals surface area contributed by atoms with Crippen molar-refractivity contribution in [2.24, 2.45) is 0 Å². The van der Waals surface area contributed by atoms with Crippen LogP contribution in [0, 0.1) is 5.82 Å². The molecule has 2 aromatic heterocycles. The number of hydrogen-bond donors (Lipinski definition) is 2. The van der Waals surface area contributed by atoms with Gasteiger partial charge in [0.1, 0.15) is 23.5 Å². The van der Waals surface area contributed by atoms with Crippen LogP contribution in [0.1, 0.15) is 10.5 Å². The van der Waals surface area contributed by atoms with Crippen LogP contribution in [0.2, 0.25) is 5.02 Å². The van der Waals surface area contributed by atoms with Crippen LogP contribution in [-0.2, 0) is 0 Å². The second kappa shape index (κ2) is 9.31. The Hall–Kier alpha value is -3.54. The maximum atomic E-state index is 13.9. The molecule has 0 spiro atoms. The number of rotatable bonds is 7. The Kier molecular flexibility index (Phi) is 6.57. The molecule has 8 nitrogen and oxygen atoms in total. The van der Waals surface area contributed by atoms with Gasteiger partial charge in [0.2, 0.25) is 11.8 Å². The summed E-state index contributed by atoms with van der Waals surface area (Å²) in [4.78, 5) is 27.4. The fourth-order valence-corrected chi connectivity index (χ4v) is 2.26. The fraction of sp³-hybridized carbons (Fsp3) is 0.118. The van der Waals surface area contributed by atoms with E-state index in [1.807, 2.05) is 0 Å². The molecule has 30 heavy (non-hydrogen) atoms. The number of aromatic nitrogens is 4. The summed E-state index contributed by atoms with van der Waals surface area (Å²) in [7, 11) is 0. The SMILES string of the molecule is O=C(Nc1cncnc1OC(F)C(F)F)c1ccnc(Nc2ccc(Cl)cc2F)n1. The highest BCUT2D eigenvalue weighted by Crippen LogP contribution is 2.24. The quantitative estimate of drug-likeness (QED) is 0.533. The van der Waals surface area contributed by atoms with Crippen LogP contribution in [0.5, 0.6) is 5.88 Å². The van der Waals surface area contributed by atoms with E-state index in [1.165, 1.54) is 24.4 Å². The molecule has 156 valence electrons. The molecule has 0 aliphatic carbocycles. The van der Waals surface area contributed by atoms with Gasteiger partial charge in [-0.2, -0.15) is 9.37 Å². The van der Waals surface area contributed by atoms with E-state index in [4.69, 9.17) is 11.6 Å². The number of anilines is 3. The van der Waals surface area contributed by atoms with Crippen LogP contribution < -0.4 is 15.4 Å². The van der Waals surface area contributed by atoms with E-state index in [2.05, 4.69) is 35.3 Å². The van der Waals surface area contributed by atoms with Crippen LogP contribution in [0.3, 0.4) is 0 Å². The van der Waals surface area contributed by atoms with E-state index in [-0.39, 0.29) is 28.0 Å². The Morgan fingerprint density at radius 3 is 2.67 bits per heavy atom. The lowest BCUT2D eigenvalue weighted by molar-refractivity contribution is -0.0687. The molecule has 1 amide bonds. The van der Waals surface area contributed by atoms with Gasteiger partial charge in [-0.1, -0.05) is 11.6 Å². The lowest BCUT2D eigenvalue weighted by Crippen LogP contribution is -2.22. The molecular weight excluding hydrogens is 432 g/mol. The lowest BCUT2D eigenvalue weighted by atomic mass is 10.3. The van der Waals surface area contributed by atoms with Gasteiger partial charge in [-0.15, -0.1) is 0 Å². The van der Waals surface area contributed by atoms with Crippen molar-refractivity contribution in [1.82, 2.24) is 19.9 Å². The molecule has 0 saturated heterocycles. The maximum absolute atomic E-state index is 13.9. The molecule has 3 aromatic rings. The number of hydrogen-bond acceptors (Lipinski definition) is 7. The summed E-state index contributed by atoms with van der Waals surface area (Å²) in [6.07, 6.45) is -3.17. The Labute approximate surface area is 171 Å². The minimum Gasteiger partial charge on any atom is -0.435 e. The molecule has 0 radical (unpaired) electrons. The van der Waals surface area contributed by atoms with Crippen molar-refractivity contribution in [1.29, 1.82) is 0 Å². The Morgan fingerprint density at radius 2 is 1.93 bits per heavy atom. The molecule has 2 N–H and O–H groups in total. The fourth-order valence-electron chi connectivity index (χ4n) is 2.10. The maximum Gasteiger partial charge on any atom is 0.304 e. The highest BCUT2D eigenvalue weighted by molar-refractivity contribution is 6.30. The zero-order chi connectivity index (χ0) is 21.7. The summed E-state index contributed by atoms with van der Waals surface area (Å²) >= 11 is 5.69. The summed E-state index contributed by atoms with van der Waals surface area (Å²) in [5.41, 5.74) is -0.421. The number of benzene rings is 1. The minimum absolute atomic E-state index is 0.0186. The second-order valence-corrected chi connectivity index (χ2v) is 5.95. The van der Waals surface area contributed by atoms with Gasteiger partial charge < -0.3 is 15.4 Å². The van der Waals surface area contributed by atoms with Crippen LogP contribution in [0.4, 0.5) is 34.9 Å². The first kappa shape index (κ1) is 21.2. The highest BCUT2D eigenvalue weighted by atomic mass is 35.5. The van der Waals surface area contributed by atoms with Crippen molar-refractivity contribution < 1.29 is 27.1 Å². The zero-order valence-electron chi connectivity index (χ0n) is 14.7. The third-order valence-electron chi connectivity index (χ3n) is 3.41. The standard InChI is InChI=1S/C17H11ClF4N6O2/c18-8-1-2-10(9(19)5-8)27-17-24-4-3-11(28-17)15(29)26-12-6-23-7-25-16(12)30-14(22)13(20)21/h1-7,13-14H,(H,26,29)(H,24,27,28). The predicted molar refractivity (Wildman–Crippen MR) is 98.2 cm³/mol. The summed E-state index contributed by atoms with van der Waals surface area (Å²) < 4.78 is 56.2. The molecule has 0 bridgehead atoms. The van der Waals surface area contributed by atoms with Crippen LogP contribution in [0.15, 0.2) is 43.0 Å². The third-order valence-corrected chi connectivity index (χ3v) is 3.65. The van der Waals surface area contributed by atoms with E-state index in [0.717, 1.165) is 18.6 Å². The number of alkyl halides is 3. The minimum atomic E-state index is -3.41. The normalized spacial score (nSPS) is 11.8. The van der Waals surface area contributed by atoms with E-state index in [1.54, 1.807) is 0 Å². The molecule has 13 heteroatoms. The number of carbonyl (C=O) groups is 1. The number of ether oxygens (including phenoxy) is 1. The second-order valence-electron chi connectivity index (χ2n) is 5.51. The van der Waals surface area contributed by atoms with Crippen molar-refractivity contribution in [3.05, 3.63) is 59.5 Å². The largest absolute Gasteiger partial charge is 0.435 e. The zero-order valence-corrected chi connectivity index (χ0v) is 15.4. The average Bonchev–Trinajstić information content (AvgIpc) is 2.71. The summed E-state index contributed by atoms with van der Waals surface area (Å²) in [5, 5.41) is 5.05. The monoisotopic (exact) mass is 442 g/mol. The smallest absolute Gasteiger partial charge is 0.304 e. The molecule has 1 unspecified atom stereocenters. The number of carbonyl (C=O) groups excluding carboxylic acids is 1. The van der Waals surface area contributed by atoms with E-state index < -0.39 is 30.4 Å². The average molecular weight is 443 g/mol. The van der Waals surface area contributed by atoms with Crippen LogP contribution in [-0.4, -0.2) is 38.6 Å². The number of halogens is 5. The first-order valence-electron chi connectivity index (χ1n) is 8.09. The first-order chi connectivity index (χ1) is 14.3. The van der Waals surface area contributed by atoms with Gasteiger partial charge in [0.25, 0.3) is 12.3 Å². The molecule has 1 atom stereocenters. The summed E-state index contributed by atoms with van der Waals surface area (Å²) in [6, 6.07) is 5.11. The molecule has 0 fully saturated rings. The van der Waals surface area contributed by atoms with Crippen LogP contribution >= 0.6 is 11.6 Å². The van der Waals surface area contributed by atoms with Gasteiger partial charge >= 0.3 is 6.43 Å². The van der Waals surface area contributed by atoms with Crippen molar-refractivity contribution in [3.8, 4) is 5.88 Å². The van der Waals surface area contributed by atoms with Crippen molar-refractivity contribution in [3.63, 3.8) is 0 Å². The van der Waals surface area contributed by atoms with E-state index in [0.29, 0.717) is 0 Å². The molecule has 1 aromatic carbocycles. The van der Waals surface area contributed by atoms with Crippen molar-refractivity contribution in [2.45, 2.75) is 12.8 Å². The van der Waals surface area contributed by atoms with Gasteiger partial charge in [0, 0.05) is 11.2 Å². The van der Waals surface area contributed by atoms with E-state index in [9.17, 15) is 22.4 Å². The molecule has 0 saturated carbocycles. The molecule has 3 rings (SSSR count). The summed E-state index contributed by atoms with van der Waals surface area (Å²) in [5.74, 6) is -2.19. The van der Waals surface area contributed by atoms with Gasteiger partial charge in [-0.3, -0.25) is 4.79 Å². The predicted octanol–water partition coefficient (Wildman–Crippen LogP) is 3.99.